The molecule has 0 radical (unpaired) electrons. The third kappa shape index (κ3) is 12.2. The summed E-state index contributed by atoms with van der Waals surface area (Å²) in [6, 6.07) is -1.48. The lowest BCUT2D eigenvalue weighted by Crippen LogP contribution is -2.28. The summed E-state index contributed by atoms with van der Waals surface area (Å²) in [5, 5.41) is 2.56. The number of nitrogens with zero attached hydrogens (tertiary/aromatic N) is 1. The number of carbonyl (C=O) groups is 2. The first-order valence-electron chi connectivity index (χ1n) is 9.60. The van der Waals surface area contributed by atoms with E-state index < -0.39 is 17.8 Å². The molecule has 0 amide bonds. The molecule has 0 fully saturated rings. The maximum atomic E-state index is 11.7. The average Bonchev–Trinajstić information content (AvgIpc) is 2.59. The summed E-state index contributed by atoms with van der Waals surface area (Å²) in [7, 11) is 1.15. The Labute approximate surface area is 146 Å². The minimum Gasteiger partial charge on any atom is -0.467 e. The highest BCUT2D eigenvalue weighted by atomic mass is 16.5. The number of unbranched alkanes of at least 4 members (excludes halogenated alkanes) is 12. The number of rotatable bonds is 17. The van der Waals surface area contributed by atoms with E-state index in [1.807, 2.05) is 0 Å². The number of nitroso groups, excluding NO2 is 1. The van der Waals surface area contributed by atoms with Crippen molar-refractivity contribution in [2.24, 2.45) is 5.18 Å². The number of esters is 1. The largest absolute Gasteiger partial charge is 0.467 e. The van der Waals surface area contributed by atoms with Gasteiger partial charge in [-0.3, -0.25) is 4.79 Å². The van der Waals surface area contributed by atoms with Crippen LogP contribution in [-0.4, -0.2) is 24.9 Å². The smallest absolute Gasteiger partial charge is 0.342 e. The first-order valence-corrected chi connectivity index (χ1v) is 9.60. The van der Waals surface area contributed by atoms with Crippen LogP contribution in [0.25, 0.3) is 0 Å². The van der Waals surface area contributed by atoms with Crippen molar-refractivity contribution in [2.45, 2.75) is 103 Å². The molecule has 0 aromatic heterocycles. The molecular weight excluding hydrogens is 306 g/mol. The van der Waals surface area contributed by atoms with Crippen LogP contribution in [0.3, 0.4) is 0 Å². The molecule has 0 bridgehead atoms. The fraction of sp³-hybridized carbons (Fsp3) is 0.895. The van der Waals surface area contributed by atoms with Crippen LogP contribution in [0.15, 0.2) is 5.18 Å². The summed E-state index contributed by atoms with van der Waals surface area (Å²) < 4.78 is 4.39. The Hall–Kier alpha value is -1.26. The van der Waals surface area contributed by atoms with E-state index in [-0.39, 0.29) is 6.42 Å². The Morgan fingerprint density at radius 3 is 1.58 bits per heavy atom. The van der Waals surface area contributed by atoms with Gasteiger partial charge >= 0.3 is 5.97 Å². The number of hydrogen-bond acceptors (Lipinski definition) is 5. The van der Waals surface area contributed by atoms with Crippen LogP contribution >= 0.6 is 0 Å². The Morgan fingerprint density at radius 2 is 1.21 bits per heavy atom. The van der Waals surface area contributed by atoms with E-state index in [4.69, 9.17) is 0 Å². The van der Waals surface area contributed by atoms with Gasteiger partial charge in [-0.15, -0.1) is 4.91 Å². The zero-order valence-corrected chi connectivity index (χ0v) is 15.6. The van der Waals surface area contributed by atoms with Crippen molar-refractivity contribution in [3.63, 3.8) is 0 Å². The van der Waals surface area contributed by atoms with Crippen molar-refractivity contribution in [1.82, 2.24) is 0 Å². The molecule has 1 atom stereocenters. The van der Waals surface area contributed by atoms with Crippen molar-refractivity contribution in [2.75, 3.05) is 7.11 Å². The molecule has 0 aliphatic rings. The van der Waals surface area contributed by atoms with Crippen LogP contribution in [0.5, 0.6) is 0 Å². The van der Waals surface area contributed by atoms with Gasteiger partial charge in [0.05, 0.1) is 7.11 Å². The molecular formula is C19H35NO4. The number of ketones is 1. The summed E-state index contributed by atoms with van der Waals surface area (Å²) in [6.07, 6.45) is 16.2. The number of carbonyl (C=O) groups excluding carboxylic acids is 2. The summed E-state index contributed by atoms with van der Waals surface area (Å²) in [5.41, 5.74) is 0. The lowest BCUT2D eigenvalue weighted by molar-refractivity contribution is -0.145. The Kier molecular flexibility index (Phi) is 15.7. The highest BCUT2D eigenvalue weighted by molar-refractivity contribution is 6.03. The molecule has 5 nitrogen and oxygen atoms in total. The number of methoxy groups -OCH3 is 1. The van der Waals surface area contributed by atoms with E-state index in [2.05, 4.69) is 16.8 Å². The van der Waals surface area contributed by atoms with E-state index in [1.54, 1.807) is 0 Å². The van der Waals surface area contributed by atoms with Crippen molar-refractivity contribution < 1.29 is 14.3 Å². The normalized spacial score (nSPS) is 11.9. The van der Waals surface area contributed by atoms with Gasteiger partial charge in [0, 0.05) is 6.42 Å². The Morgan fingerprint density at radius 1 is 0.792 bits per heavy atom. The zero-order valence-electron chi connectivity index (χ0n) is 15.6. The van der Waals surface area contributed by atoms with Crippen LogP contribution in [-0.2, 0) is 14.3 Å². The van der Waals surface area contributed by atoms with Crippen LogP contribution in [0.4, 0.5) is 0 Å². The van der Waals surface area contributed by atoms with Gasteiger partial charge in [0.25, 0.3) is 0 Å². The quantitative estimate of drug-likeness (QED) is 0.155. The molecule has 0 heterocycles. The van der Waals surface area contributed by atoms with E-state index in [9.17, 15) is 14.5 Å². The fourth-order valence-corrected chi connectivity index (χ4v) is 2.80. The van der Waals surface area contributed by atoms with Crippen molar-refractivity contribution in [1.29, 1.82) is 0 Å². The molecule has 0 aromatic carbocycles. The fourth-order valence-electron chi connectivity index (χ4n) is 2.80. The topological polar surface area (TPSA) is 72.8 Å². The minimum atomic E-state index is -1.48. The predicted molar refractivity (Wildman–Crippen MR) is 96.9 cm³/mol. The van der Waals surface area contributed by atoms with Crippen LogP contribution in [0.1, 0.15) is 96.8 Å². The second-order valence-corrected chi connectivity index (χ2v) is 6.49. The van der Waals surface area contributed by atoms with Crippen molar-refractivity contribution in [3.8, 4) is 0 Å². The molecule has 0 aromatic rings. The van der Waals surface area contributed by atoms with Gasteiger partial charge in [-0.05, 0) is 11.6 Å². The van der Waals surface area contributed by atoms with Gasteiger partial charge in [0.15, 0.2) is 5.78 Å². The summed E-state index contributed by atoms with van der Waals surface area (Å²) in [4.78, 5) is 33.4. The molecule has 0 rings (SSSR count). The van der Waals surface area contributed by atoms with E-state index in [1.165, 1.54) is 64.2 Å². The van der Waals surface area contributed by atoms with Crippen molar-refractivity contribution in [3.05, 3.63) is 4.91 Å². The second-order valence-electron chi connectivity index (χ2n) is 6.49. The summed E-state index contributed by atoms with van der Waals surface area (Å²) in [5.74, 6) is -1.29. The Balaban J connectivity index is 3.40. The second kappa shape index (κ2) is 16.6. The van der Waals surface area contributed by atoms with Crippen LogP contribution in [0, 0.1) is 4.91 Å². The SMILES string of the molecule is CCCCCCCCCCCCCCCC(=O)C(N=O)C(=O)OC. The molecule has 0 aliphatic carbocycles. The summed E-state index contributed by atoms with van der Waals surface area (Å²) in [6.45, 7) is 2.24. The van der Waals surface area contributed by atoms with E-state index in [0.29, 0.717) is 6.42 Å². The summed E-state index contributed by atoms with van der Waals surface area (Å²) >= 11 is 0. The van der Waals surface area contributed by atoms with Gasteiger partial charge in [-0.25, -0.2) is 4.79 Å². The highest BCUT2D eigenvalue weighted by Gasteiger charge is 2.27. The predicted octanol–water partition coefficient (Wildman–Crippen LogP) is 5.34. The lowest BCUT2D eigenvalue weighted by Gasteiger charge is -2.06. The maximum Gasteiger partial charge on any atom is 0.342 e. The molecule has 140 valence electrons. The zero-order chi connectivity index (χ0) is 18.0. The maximum absolute atomic E-state index is 11.7. The van der Waals surface area contributed by atoms with Gasteiger partial charge < -0.3 is 4.74 Å². The van der Waals surface area contributed by atoms with Crippen molar-refractivity contribution >= 4 is 11.8 Å². The first-order chi connectivity index (χ1) is 11.7. The molecule has 24 heavy (non-hydrogen) atoms. The average molecular weight is 341 g/mol. The lowest BCUT2D eigenvalue weighted by atomic mass is 10.0. The van der Waals surface area contributed by atoms with Gasteiger partial charge in [0.1, 0.15) is 0 Å². The molecule has 5 heteroatoms. The molecule has 0 aliphatic heterocycles. The molecule has 0 N–H and O–H groups in total. The highest BCUT2D eigenvalue weighted by Crippen LogP contribution is 2.13. The van der Waals surface area contributed by atoms with E-state index >= 15 is 0 Å². The molecule has 1 unspecified atom stereocenters. The third-order valence-corrected chi connectivity index (χ3v) is 4.36. The van der Waals surface area contributed by atoms with Gasteiger partial charge in [-0.2, -0.15) is 0 Å². The molecule has 0 saturated carbocycles. The van der Waals surface area contributed by atoms with Gasteiger partial charge in [-0.1, -0.05) is 84.0 Å². The number of ether oxygens (including phenoxy) is 1. The number of hydrogen-bond donors (Lipinski definition) is 0. The van der Waals surface area contributed by atoms with E-state index in [0.717, 1.165) is 20.0 Å². The van der Waals surface area contributed by atoms with Gasteiger partial charge in [0.2, 0.25) is 6.04 Å². The molecule has 0 saturated heterocycles. The first kappa shape index (κ1) is 22.7. The minimum absolute atomic E-state index is 0.225. The van der Waals surface area contributed by atoms with Crippen LogP contribution < -0.4 is 0 Å². The third-order valence-electron chi connectivity index (χ3n) is 4.36. The monoisotopic (exact) mass is 341 g/mol. The standard InChI is InChI=1S/C19H35NO4/c1-3-4-5-6-7-8-9-10-11-12-13-14-15-16-17(21)18(20-23)19(22)24-2/h18H,3-16H2,1-2H3. The Bertz CT molecular complexity index is 344. The van der Waals surface area contributed by atoms with Crippen LogP contribution in [0.2, 0.25) is 0 Å². The molecule has 0 spiro atoms. The number of Topliss-reactive ketones (excluding diaryl/α,β-unsaturated/α-hetero) is 1.